The van der Waals surface area contributed by atoms with Crippen LogP contribution in [0, 0.1) is 12.1 Å². The van der Waals surface area contributed by atoms with Gasteiger partial charge in [0.25, 0.3) is 0 Å². The number of imidazole rings is 1. The number of aromatic nitrogens is 2. The normalized spacial score (nSPS) is 11.1. The molecule has 0 amide bonds. The topological polar surface area (TPSA) is 38.0 Å². The first kappa shape index (κ1) is 26.7. The molecule has 1 radical (unpaired) electrons. The Kier molecular flexibility index (Phi) is 8.19. The summed E-state index contributed by atoms with van der Waals surface area (Å²) in [5.41, 5.74) is 7.99. The molecule has 4 heteroatoms. The molecule has 0 aliphatic rings. The van der Waals surface area contributed by atoms with Crippen molar-refractivity contribution in [2.45, 2.75) is 39.5 Å². The van der Waals surface area contributed by atoms with Crippen LogP contribution in [0.2, 0.25) is 0 Å². The molecule has 0 aliphatic heterocycles. The van der Waals surface area contributed by atoms with Gasteiger partial charge in [0.1, 0.15) is 11.6 Å². The number of rotatable bonds is 6. The SMILES string of the molecule is CC(C)c1cccc(C(C)C)c1-n1cc(-c2[c-]c(-c3[c-]cccc3)ccc2)nc1-c1ccccc1O.[Au]. The number of phenolic OH excluding ortho intramolecular Hbond substituents is 1. The third-order valence-electron chi connectivity index (χ3n) is 6.50. The minimum Gasteiger partial charge on any atom is -0.507 e. The number of nitrogens with zero attached hydrogens (tertiary/aromatic N) is 2. The summed E-state index contributed by atoms with van der Waals surface area (Å²) in [4.78, 5) is 5.09. The van der Waals surface area contributed by atoms with Gasteiger partial charge in [-0.1, -0.05) is 58.0 Å². The molecule has 191 valence electrons. The molecule has 0 atom stereocenters. The molecule has 37 heavy (non-hydrogen) atoms. The number of aromatic hydroxyl groups is 1. The number of benzene rings is 4. The van der Waals surface area contributed by atoms with Crippen LogP contribution in [0.15, 0.2) is 91.1 Å². The van der Waals surface area contributed by atoms with Gasteiger partial charge in [0.05, 0.1) is 11.3 Å². The van der Waals surface area contributed by atoms with Gasteiger partial charge in [0.15, 0.2) is 0 Å². The average Bonchev–Trinajstić information content (AvgIpc) is 3.34. The van der Waals surface area contributed by atoms with E-state index in [4.69, 9.17) is 4.98 Å². The van der Waals surface area contributed by atoms with Gasteiger partial charge in [-0.3, -0.25) is 4.98 Å². The van der Waals surface area contributed by atoms with Crippen molar-refractivity contribution in [3.05, 3.63) is 114 Å². The summed E-state index contributed by atoms with van der Waals surface area (Å²) in [5.74, 6) is 1.57. The van der Waals surface area contributed by atoms with Crippen molar-refractivity contribution in [2.75, 3.05) is 0 Å². The number of phenols is 1. The smallest absolute Gasteiger partial charge is 0.140 e. The second-order valence-corrected chi connectivity index (χ2v) is 9.69. The van der Waals surface area contributed by atoms with Crippen molar-refractivity contribution < 1.29 is 27.5 Å². The van der Waals surface area contributed by atoms with Crippen LogP contribution in [-0.4, -0.2) is 14.7 Å². The van der Waals surface area contributed by atoms with Crippen molar-refractivity contribution in [3.8, 4) is 45.2 Å². The first-order valence-corrected chi connectivity index (χ1v) is 12.4. The summed E-state index contributed by atoms with van der Waals surface area (Å²) in [7, 11) is 0. The third kappa shape index (κ3) is 5.35. The minimum absolute atomic E-state index is 0. The Morgan fingerprint density at radius 1 is 0.730 bits per heavy atom. The van der Waals surface area contributed by atoms with Gasteiger partial charge >= 0.3 is 0 Å². The molecule has 0 fully saturated rings. The quantitative estimate of drug-likeness (QED) is 0.146. The summed E-state index contributed by atoms with van der Waals surface area (Å²) < 4.78 is 2.16. The van der Waals surface area contributed by atoms with E-state index in [9.17, 15) is 5.11 Å². The zero-order valence-corrected chi connectivity index (χ0v) is 23.6. The minimum atomic E-state index is 0. The molecule has 4 aromatic carbocycles. The Bertz CT molecular complexity index is 1480. The predicted molar refractivity (Wildman–Crippen MR) is 147 cm³/mol. The fourth-order valence-corrected chi connectivity index (χ4v) is 4.66. The second kappa shape index (κ2) is 11.4. The Balaban J connectivity index is 0.00000320. The molecule has 5 aromatic rings. The van der Waals surface area contributed by atoms with E-state index in [1.165, 1.54) is 11.1 Å². The van der Waals surface area contributed by atoms with Gasteiger partial charge in [0.2, 0.25) is 0 Å². The molecule has 0 saturated carbocycles. The van der Waals surface area contributed by atoms with Crippen molar-refractivity contribution in [1.82, 2.24) is 9.55 Å². The van der Waals surface area contributed by atoms with E-state index in [2.05, 4.69) is 68.8 Å². The summed E-state index contributed by atoms with van der Waals surface area (Å²) >= 11 is 0. The van der Waals surface area contributed by atoms with Crippen molar-refractivity contribution in [3.63, 3.8) is 0 Å². The van der Waals surface area contributed by atoms with Crippen LogP contribution < -0.4 is 0 Å². The second-order valence-electron chi connectivity index (χ2n) is 9.69. The first-order chi connectivity index (χ1) is 17.4. The summed E-state index contributed by atoms with van der Waals surface area (Å²) in [6, 6.07) is 34.8. The Labute approximate surface area is 235 Å². The van der Waals surface area contributed by atoms with E-state index in [0.29, 0.717) is 23.2 Å². The molecule has 0 saturated heterocycles. The van der Waals surface area contributed by atoms with E-state index in [-0.39, 0.29) is 28.1 Å². The molecular weight excluding hydrogens is 637 g/mol. The average molecular weight is 668 g/mol. The maximum atomic E-state index is 10.8. The fourth-order valence-electron chi connectivity index (χ4n) is 4.66. The maximum absolute atomic E-state index is 10.8. The summed E-state index contributed by atoms with van der Waals surface area (Å²) in [6.07, 6.45) is 2.08. The van der Waals surface area contributed by atoms with Crippen LogP contribution in [0.25, 0.3) is 39.5 Å². The van der Waals surface area contributed by atoms with E-state index >= 15 is 0 Å². The molecule has 0 unspecified atom stereocenters. The first-order valence-electron chi connectivity index (χ1n) is 12.4. The molecule has 0 aliphatic carbocycles. The number of hydrogen-bond donors (Lipinski definition) is 1. The van der Waals surface area contributed by atoms with Gasteiger partial charge in [-0.15, -0.1) is 23.8 Å². The zero-order chi connectivity index (χ0) is 25.2. The largest absolute Gasteiger partial charge is 0.507 e. The van der Waals surface area contributed by atoms with Crippen LogP contribution in [0.4, 0.5) is 0 Å². The van der Waals surface area contributed by atoms with Crippen molar-refractivity contribution in [2.24, 2.45) is 0 Å². The molecule has 1 N–H and O–H groups in total. The maximum Gasteiger partial charge on any atom is 0.140 e. The molecular formula is C33H30AuN2O-2. The van der Waals surface area contributed by atoms with Gasteiger partial charge in [0, 0.05) is 34.3 Å². The molecule has 0 bridgehead atoms. The van der Waals surface area contributed by atoms with E-state index in [1.54, 1.807) is 6.07 Å². The van der Waals surface area contributed by atoms with Crippen LogP contribution >= 0.6 is 0 Å². The molecule has 1 aromatic heterocycles. The number of para-hydroxylation sites is 2. The van der Waals surface area contributed by atoms with Crippen LogP contribution in [-0.2, 0) is 22.4 Å². The van der Waals surface area contributed by atoms with E-state index in [0.717, 1.165) is 28.1 Å². The molecule has 5 rings (SSSR count). The van der Waals surface area contributed by atoms with Gasteiger partial charge in [-0.2, -0.15) is 42.0 Å². The van der Waals surface area contributed by atoms with Gasteiger partial charge in [-0.25, -0.2) is 5.56 Å². The van der Waals surface area contributed by atoms with Crippen molar-refractivity contribution in [1.29, 1.82) is 0 Å². The van der Waals surface area contributed by atoms with E-state index < -0.39 is 0 Å². The molecule has 1 heterocycles. The molecule has 3 nitrogen and oxygen atoms in total. The Hall–Kier alpha value is -3.37. The Morgan fingerprint density at radius 3 is 2.00 bits per heavy atom. The Morgan fingerprint density at radius 2 is 1.35 bits per heavy atom. The van der Waals surface area contributed by atoms with Gasteiger partial charge in [-0.05, 0) is 35.1 Å². The summed E-state index contributed by atoms with van der Waals surface area (Å²) in [6.45, 7) is 8.87. The predicted octanol–water partition coefficient (Wildman–Crippen LogP) is 8.42. The van der Waals surface area contributed by atoms with Crippen LogP contribution in [0.1, 0.15) is 50.7 Å². The fraction of sp³-hybridized carbons (Fsp3) is 0.182. The standard InChI is InChI=1S/C33H30N2O.Au/c1-22(2)27-17-11-18-28(23(3)4)32(27)35-21-30(34-33(35)29-16-8-9-19-31(29)36)26-15-10-14-25(20-26)24-12-6-5-7-13-24;/h5-12,14-19,21-23,36H,1-4H3;/q-2;. The van der Waals surface area contributed by atoms with Crippen LogP contribution in [0.5, 0.6) is 5.75 Å². The third-order valence-corrected chi connectivity index (χ3v) is 6.50. The number of hydrogen-bond acceptors (Lipinski definition) is 2. The van der Waals surface area contributed by atoms with E-state index in [1.807, 2.05) is 60.7 Å². The van der Waals surface area contributed by atoms with Crippen LogP contribution in [0.3, 0.4) is 0 Å². The van der Waals surface area contributed by atoms with Gasteiger partial charge < -0.3 is 9.67 Å². The molecule has 0 spiro atoms. The zero-order valence-electron chi connectivity index (χ0n) is 21.5. The van der Waals surface area contributed by atoms with Crippen molar-refractivity contribution >= 4 is 0 Å². The summed E-state index contributed by atoms with van der Waals surface area (Å²) in [5, 5.41) is 10.8. The monoisotopic (exact) mass is 667 g/mol.